The molecule has 74 valence electrons. The molecule has 0 unspecified atom stereocenters. The van der Waals surface area contributed by atoms with E-state index in [9.17, 15) is 4.79 Å². The third-order valence-corrected chi connectivity index (χ3v) is 2.13. The number of fused-ring (bicyclic) bond motifs is 1. The average Bonchev–Trinajstić information content (AvgIpc) is 2.34. The molecule has 0 bridgehead atoms. The van der Waals surface area contributed by atoms with Gasteiger partial charge in [-0.25, -0.2) is 0 Å². The molecule has 5 nitrogen and oxygen atoms in total. The van der Waals surface area contributed by atoms with Gasteiger partial charge in [0.1, 0.15) is 6.10 Å². The minimum atomic E-state index is -1.36. The van der Waals surface area contributed by atoms with Crippen molar-refractivity contribution in [2.75, 3.05) is 6.61 Å². The largest absolute Gasteiger partial charge is 0.362 e. The Labute approximate surface area is 75.6 Å². The number of ketones is 1. The molecule has 0 radical (unpaired) electrons. The molecule has 13 heavy (non-hydrogen) atoms. The predicted molar refractivity (Wildman–Crippen MR) is 40.8 cm³/mol. The summed E-state index contributed by atoms with van der Waals surface area (Å²) in [5, 5.41) is 9.09. The van der Waals surface area contributed by atoms with Crippen LogP contribution in [0.4, 0.5) is 0 Å². The Balaban J connectivity index is 2.15. The quantitative estimate of drug-likeness (QED) is 0.551. The Hall–Kier alpha value is -0.490. The Morgan fingerprint density at radius 3 is 2.85 bits per heavy atom. The molecule has 2 fully saturated rings. The van der Waals surface area contributed by atoms with E-state index in [0.717, 1.165) is 0 Å². The number of carbonyl (C=O) groups excluding carboxylic acids is 1. The maximum Gasteiger partial charge on any atom is 0.219 e. The standard InChI is InChI=1S/C8H12O5/c1-8(2)12-4-3-11-7(10)5(9)6(4)13-8/h4,6-7,10H,3H2,1-2H3/t4-,6-,7+/m0/s1. The van der Waals surface area contributed by atoms with Crippen LogP contribution in [-0.4, -0.2) is 41.8 Å². The van der Waals surface area contributed by atoms with Gasteiger partial charge in [-0.15, -0.1) is 0 Å². The summed E-state index contributed by atoms with van der Waals surface area (Å²) < 4.78 is 15.5. The van der Waals surface area contributed by atoms with E-state index in [-0.39, 0.29) is 12.7 Å². The van der Waals surface area contributed by atoms with Gasteiger partial charge in [0.05, 0.1) is 6.61 Å². The smallest absolute Gasteiger partial charge is 0.219 e. The summed E-state index contributed by atoms with van der Waals surface area (Å²) in [6.45, 7) is 3.65. The molecule has 1 N–H and O–H groups in total. The number of Topliss-reactive ketones (excluding diaryl/α,β-unsaturated/α-hetero) is 1. The van der Waals surface area contributed by atoms with Gasteiger partial charge in [0.15, 0.2) is 11.9 Å². The van der Waals surface area contributed by atoms with Gasteiger partial charge in [-0.3, -0.25) is 4.79 Å². The summed E-state index contributed by atoms with van der Waals surface area (Å²) in [6.07, 6.45) is -2.43. The lowest BCUT2D eigenvalue weighted by molar-refractivity contribution is -0.183. The van der Waals surface area contributed by atoms with Crippen LogP contribution in [0.25, 0.3) is 0 Å². The van der Waals surface area contributed by atoms with Gasteiger partial charge in [-0.2, -0.15) is 0 Å². The van der Waals surface area contributed by atoms with Gasteiger partial charge in [0, 0.05) is 0 Å². The van der Waals surface area contributed by atoms with E-state index in [2.05, 4.69) is 0 Å². The lowest BCUT2D eigenvalue weighted by atomic mass is 10.1. The average molecular weight is 188 g/mol. The summed E-state index contributed by atoms with van der Waals surface area (Å²) in [5.74, 6) is -1.22. The van der Waals surface area contributed by atoms with Crippen LogP contribution in [0.1, 0.15) is 13.8 Å². The van der Waals surface area contributed by atoms with Crippen LogP contribution in [0.2, 0.25) is 0 Å². The molecule has 0 aromatic carbocycles. The summed E-state index contributed by atoms with van der Waals surface area (Å²) >= 11 is 0. The van der Waals surface area contributed by atoms with Crippen molar-refractivity contribution in [3.8, 4) is 0 Å². The highest BCUT2D eigenvalue weighted by Crippen LogP contribution is 2.31. The molecular formula is C8H12O5. The normalized spacial score (nSPS) is 43.3. The van der Waals surface area contributed by atoms with E-state index in [1.807, 2.05) is 0 Å². The minimum absolute atomic E-state index is 0.195. The van der Waals surface area contributed by atoms with Crippen LogP contribution in [0.5, 0.6) is 0 Å². The molecule has 3 atom stereocenters. The highest BCUT2D eigenvalue weighted by Gasteiger charge is 2.50. The zero-order valence-electron chi connectivity index (χ0n) is 7.52. The fraction of sp³-hybridized carbons (Fsp3) is 0.875. The lowest BCUT2D eigenvalue weighted by Gasteiger charge is -2.24. The van der Waals surface area contributed by atoms with E-state index in [4.69, 9.17) is 19.3 Å². The second-order valence-corrected chi connectivity index (χ2v) is 3.68. The number of hydrogen-bond donors (Lipinski definition) is 1. The van der Waals surface area contributed by atoms with Crippen LogP contribution in [0.15, 0.2) is 0 Å². The predicted octanol–water partition coefficient (Wildman–Crippen LogP) is -0.576. The molecule has 2 saturated heterocycles. The van der Waals surface area contributed by atoms with E-state index in [1.165, 1.54) is 0 Å². The first-order chi connectivity index (χ1) is 5.99. The molecule has 2 rings (SSSR count). The number of carbonyl (C=O) groups is 1. The van der Waals surface area contributed by atoms with Crippen LogP contribution in [0.3, 0.4) is 0 Å². The fourth-order valence-corrected chi connectivity index (χ4v) is 1.61. The lowest BCUT2D eigenvalue weighted by Crippen LogP contribution is -2.48. The second-order valence-electron chi connectivity index (χ2n) is 3.68. The van der Waals surface area contributed by atoms with E-state index >= 15 is 0 Å². The summed E-state index contributed by atoms with van der Waals surface area (Å²) in [7, 11) is 0. The maximum absolute atomic E-state index is 11.3. The van der Waals surface area contributed by atoms with Crippen molar-refractivity contribution in [1.29, 1.82) is 0 Å². The molecule has 0 aliphatic carbocycles. The Kier molecular flexibility index (Phi) is 1.92. The van der Waals surface area contributed by atoms with E-state index in [0.29, 0.717) is 0 Å². The van der Waals surface area contributed by atoms with Crippen molar-refractivity contribution in [2.45, 2.75) is 38.1 Å². The Bertz CT molecular complexity index is 237. The number of aliphatic hydroxyl groups excluding tert-OH is 1. The molecule has 0 aromatic rings. The number of ether oxygens (including phenoxy) is 3. The van der Waals surface area contributed by atoms with Crippen LogP contribution in [-0.2, 0) is 19.0 Å². The number of aliphatic hydroxyl groups is 1. The van der Waals surface area contributed by atoms with Crippen molar-refractivity contribution in [3.63, 3.8) is 0 Å². The Morgan fingerprint density at radius 2 is 2.15 bits per heavy atom. The van der Waals surface area contributed by atoms with Crippen LogP contribution < -0.4 is 0 Å². The first-order valence-corrected chi connectivity index (χ1v) is 4.19. The molecule has 0 amide bonds. The van der Waals surface area contributed by atoms with Crippen molar-refractivity contribution in [3.05, 3.63) is 0 Å². The highest BCUT2D eigenvalue weighted by atomic mass is 16.8. The molecule has 2 aliphatic heterocycles. The molecule has 2 aliphatic rings. The first kappa shape index (κ1) is 9.08. The topological polar surface area (TPSA) is 65.0 Å². The third kappa shape index (κ3) is 1.48. The highest BCUT2D eigenvalue weighted by molar-refractivity contribution is 5.87. The summed E-state index contributed by atoms with van der Waals surface area (Å²) in [5.41, 5.74) is 0. The van der Waals surface area contributed by atoms with Crippen LogP contribution in [0, 0.1) is 0 Å². The van der Waals surface area contributed by atoms with Crippen molar-refractivity contribution >= 4 is 5.78 Å². The van der Waals surface area contributed by atoms with Crippen LogP contribution >= 0.6 is 0 Å². The zero-order valence-corrected chi connectivity index (χ0v) is 7.52. The van der Waals surface area contributed by atoms with Crippen molar-refractivity contribution < 1.29 is 24.1 Å². The summed E-state index contributed by atoms with van der Waals surface area (Å²) in [4.78, 5) is 11.3. The third-order valence-electron chi connectivity index (χ3n) is 2.13. The molecule has 0 spiro atoms. The van der Waals surface area contributed by atoms with Gasteiger partial charge in [-0.1, -0.05) is 0 Å². The zero-order chi connectivity index (χ0) is 9.64. The second kappa shape index (κ2) is 2.75. The van der Waals surface area contributed by atoms with Gasteiger partial charge < -0.3 is 19.3 Å². The molecule has 2 heterocycles. The molecule has 0 saturated carbocycles. The Morgan fingerprint density at radius 1 is 1.46 bits per heavy atom. The maximum atomic E-state index is 11.3. The number of hydrogen-bond acceptors (Lipinski definition) is 5. The van der Waals surface area contributed by atoms with Crippen molar-refractivity contribution in [2.24, 2.45) is 0 Å². The van der Waals surface area contributed by atoms with Crippen molar-refractivity contribution in [1.82, 2.24) is 0 Å². The summed E-state index contributed by atoms with van der Waals surface area (Å²) in [6, 6.07) is 0. The minimum Gasteiger partial charge on any atom is -0.362 e. The van der Waals surface area contributed by atoms with E-state index in [1.54, 1.807) is 13.8 Å². The molecule has 0 aromatic heterocycles. The monoisotopic (exact) mass is 188 g/mol. The fourth-order valence-electron chi connectivity index (χ4n) is 1.61. The number of rotatable bonds is 0. The van der Waals surface area contributed by atoms with Gasteiger partial charge in [0.25, 0.3) is 0 Å². The molecule has 5 heteroatoms. The van der Waals surface area contributed by atoms with E-state index < -0.39 is 24.0 Å². The van der Waals surface area contributed by atoms with Gasteiger partial charge in [0.2, 0.25) is 12.1 Å². The van der Waals surface area contributed by atoms with Gasteiger partial charge >= 0.3 is 0 Å². The first-order valence-electron chi connectivity index (χ1n) is 4.19. The van der Waals surface area contributed by atoms with Gasteiger partial charge in [-0.05, 0) is 13.8 Å². The molecular weight excluding hydrogens is 176 g/mol. The SMILES string of the molecule is CC1(C)O[C@H]2CO[C@@H](O)C(=O)[C@H]2O1.